The first-order valence-corrected chi connectivity index (χ1v) is 3.89. The van der Waals surface area contributed by atoms with Crippen LogP contribution in [0.5, 0.6) is 0 Å². The summed E-state index contributed by atoms with van der Waals surface area (Å²) in [6, 6.07) is 0. The van der Waals surface area contributed by atoms with E-state index in [2.05, 4.69) is 5.10 Å². The molecule has 0 N–H and O–H groups in total. The van der Waals surface area contributed by atoms with E-state index in [1.807, 2.05) is 13.8 Å². The van der Waals surface area contributed by atoms with Gasteiger partial charge in [0.05, 0.1) is 11.3 Å². The van der Waals surface area contributed by atoms with Gasteiger partial charge in [-0.1, -0.05) is 13.8 Å². The van der Waals surface area contributed by atoms with E-state index in [1.54, 1.807) is 14.0 Å². The van der Waals surface area contributed by atoms with Crippen molar-refractivity contribution in [2.24, 2.45) is 7.05 Å². The number of aromatic nitrogens is 2. The van der Waals surface area contributed by atoms with Crippen molar-refractivity contribution in [3.63, 3.8) is 0 Å². The zero-order valence-corrected chi connectivity index (χ0v) is 7.81. The topological polar surface area (TPSA) is 17.8 Å². The van der Waals surface area contributed by atoms with Gasteiger partial charge in [0.25, 0.3) is 6.43 Å². The Bertz CT molecular complexity index is 231. The third kappa shape index (κ3) is 2.60. The molecule has 1 rings (SSSR count). The van der Waals surface area contributed by atoms with Gasteiger partial charge in [-0.05, 0) is 6.92 Å². The fourth-order valence-electron chi connectivity index (χ4n) is 0.832. The molecule has 4 heteroatoms. The molecule has 1 heterocycles. The predicted octanol–water partition coefficient (Wildman–Crippen LogP) is 2.69. The number of rotatable bonds is 1. The van der Waals surface area contributed by atoms with Crippen LogP contribution in [0, 0.1) is 6.92 Å². The first-order chi connectivity index (χ1) is 5.61. The van der Waals surface area contributed by atoms with E-state index < -0.39 is 6.43 Å². The van der Waals surface area contributed by atoms with Crippen molar-refractivity contribution in [2.75, 3.05) is 0 Å². The summed E-state index contributed by atoms with van der Waals surface area (Å²) in [5.74, 6) is 0. The Morgan fingerprint density at radius 1 is 1.42 bits per heavy atom. The lowest BCUT2D eigenvalue weighted by Crippen LogP contribution is -1.86. The zero-order valence-electron chi connectivity index (χ0n) is 7.81. The van der Waals surface area contributed by atoms with Crippen molar-refractivity contribution in [3.05, 3.63) is 17.5 Å². The number of hydrogen-bond acceptors (Lipinski definition) is 1. The number of alkyl halides is 2. The molecule has 0 unspecified atom stereocenters. The molecule has 70 valence electrons. The summed E-state index contributed by atoms with van der Waals surface area (Å²) in [7, 11) is 1.62. The Labute approximate surface area is 71.2 Å². The Kier molecular flexibility index (Phi) is 4.47. The van der Waals surface area contributed by atoms with Crippen LogP contribution in [-0.2, 0) is 7.05 Å². The summed E-state index contributed by atoms with van der Waals surface area (Å²) < 4.78 is 25.4. The molecular formula is C8H14F2N2. The van der Waals surface area contributed by atoms with Crippen LogP contribution in [0.2, 0.25) is 0 Å². The third-order valence-corrected chi connectivity index (χ3v) is 1.29. The Morgan fingerprint density at radius 2 is 1.92 bits per heavy atom. The van der Waals surface area contributed by atoms with Crippen molar-refractivity contribution in [3.8, 4) is 0 Å². The molecule has 0 aliphatic heterocycles. The van der Waals surface area contributed by atoms with Crippen LogP contribution in [0.3, 0.4) is 0 Å². The third-order valence-electron chi connectivity index (χ3n) is 1.29. The van der Waals surface area contributed by atoms with Crippen molar-refractivity contribution >= 4 is 0 Å². The van der Waals surface area contributed by atoms with Gasteiger partial charge in [0.1, 0.15) is 0 Å². The molecule has 1 aromatic heterocycles. The van der Waals surface area contributed by atoms with Gasteiger partial charge >= 0.3 is 0 Å². The molecule has 0 aliphatic rings. The molecule has 0 spiro atoms. The average molecular weight is 176 g/mol. The summed E-state index contributed by atoms with van der Waals surface area (Å²) in [4.78, 5) is 0. The second-order valence-corrected chi connectivity index (χ2v) is 2.14. The smallest absolute Gasteiger partial charge is 0.267 e. The summed E-state index contributed by atoms with van der Waals surface area (Å²) in [6.07, 6.45) is -1.08. The molecule has 1 aromatic rings. The van der Waals surface area contributed by atoms with Crippen molar-refractivity contribution in [2.45, 2.75) is 27.2 Å². The first kappa shape index (κ1) is 11.1. The van der Waals surface area contributed by atoms with E-state index >= 15 is 0 Å². The molecule has 0 fully saturated rings. The highest BCUT2D eigenvalue weighted by Crippen LogP contribution is 2.20. The van der Waals surface area contributed by atoms with E-state index in [4.69, 9.17) is 0 Å². The highest BCUT2D eigenvalue weighted by atomic mass is 19.3. The molecule has 0 aromatic carbocycles. The van der Waals surface area contributed by atoms with E-state index in [9.17, 15) is 8.78 Å². The maximum Gasteiger partial charge on any atom is 0.267 e. The Hall–Kier alpha value is -0.930. The highest BCUT2D eigenvalue weighted by molar-refractivity contribution is 5.16. The SMILES string of the molecule is CC.Cc1nn(C)cc1C(F)F. The maximum atomic E-state index is 12.0. The average Bonchev–Trinajstić information content (AvgIpc) is 2.34. The molecule has 0 bridgehead atoms. The van der Waals surface area contributed by atoms with Crippen molar-refractivity contribution in [1.82, 2.24) is 9.78 Å². The van der Waals surface area contributed by atoms with Gasteiger partial charge in [-0.2, -0.15) is 5.10 Å². The number of nitrogens with zero attached hydrogens (tertiary/aromatic N) is 2. The summed E-state index contributed by atoms with van der Waals surface area (Å²) in [5, 5.41) is 3.77. The lowest BCUT2D eigenvalue weighted by molar-refractivity contribution is 0.150. The second-order valence-electron chi connectivity index (χ2n) is 2.14. The zero-order chi connectivity index (χ0) is 9.72. The van der Waals surface area contributed by atoms with Crippen molar-refractivity contribution < 1.29 is 8.78 Å². The van der Waals surface area contributed by atoms with Gasteiger partial charge in [-0.3, -0.25) is 4.68 Å². The lowest BCUT2D eigenvalue weighted by Gasteiger charge is -1.91. The van der Waals surface area contributed by atoms with Crippen molar-refractivity contribution in [1.29, 1.82) is 0 Å². The molecule has 0 saturated carbocycles. The molecule has 2 nitrogen and oxygen atoms in total. The van der Waals surface area contributed by atoms with Crippen LogP contribution in [0.1, 0.15) is 31.5 Å². The van der Waals surface area contributed by atoms with E-state index in [0.29, 0.717) is 5.69 Å². The van der Waals surface area contributed by atoms with Crippen LogP contribution in [0.15, 0.2) is 6.20 Å². The molecule has 0 aliphatic carbocycles. The summed E-state index contributed by atoms with van der Waals surface area (Å²) >= 11 is 0. The van der Waals surface area contributed by atoms with Crippen LogP contribution >= 0.6 is 0 Å². The molecule has 0 atom stereocenters. The number of aryl methyl sites for hydroxylation is 2. The van der Waals surface area contributed by atoms with Gasteiger partial charge < -0.3 is 0 Å². The Balaban J connectivity index is 0.000000561. The monoisotopic (exact) mass is 176 g/mol. The van der Waals surface area contributed by atoms with E-state index in [1.165, 1.54) is 10.9 Å². The highest BCUT2D eigenvalue weighted by Gasteiger charge is 2.12. The first-order valence-electron chi connectivity index (χ1n) is 3.89. The van der Waals surface area contributed by atoms with E-state index in [-0.39, 0.29) is 5.56 Å². The number of hydrogen-bond donors (Lipinski definition) is 0. The fourth-order valence-corrected chi connectivity index (χ4v) is 0.832. The molecule has 0 radical (unpaired) electrons. The quantitative estimate of drug-likeness (QED) is 0.643. The van der Waals surface area contributed by atoms with Gasteiger partial charge in [-0.15, -0.1) is 0 Å². The molecule has 0 saturated heterocycles. The van der Waals surface area contributed by atoms with Crippen LogP contribution in [0.25, 0.3) is 0 Å². The minimum Gasteiger partial charge on any atom is -0.275 e. The molecule has 12 heavy (non-hydrogen) atoms. The molecule has 0 amide bonds. The Morgan fingerprint density at radius 3 is 2.08 bits per heavy atom. The standard InChI is InChI=1S/C6H8F2N2.C2H6/c1-4-5(6(7)8)3-10(2)9-4;1-2/h3,6H,1-2H3;1-2H3. The lowest BCUT2D eigenvalue weighted by atomic mass is 10.3. The summed E-state index contributed by atoms with van der Waals surface area (Å²) in [5.41, 5.74) is 0.417. The van der Waals surface area contributed by atoms with Gasteiger partial charge in [0.2, 0.25) is 0 Å². The second kappa shape index (κ2) is 4.85. The van der Waals surface area contributed by atoms with Gasteiger partial charge in [-0.25, -0.2) is 8.78 Å². The van der Waals surface area contributed by atoms with Crippen LogP contribution in [0.4, 0.5) is 8.78 Å². The van der Waals surface area contributed by atoms with Crippen LogP contribution < -0.4 is 0 Å². The van der Waals surface area contributed by atoms with Gasteiger partial charge in [0.15, 0.2) is 0 Å². The largest absolute Gasteiger partial charge is 0.275 e. The fraction of sp³-hybridized carbons (Fsp3) is 0.625. The summed E-state index contributed by atoms with van der Waals surface area (Å²) in [6.45, 7) is 5.57. The van der Waals surface area contributed by atoms with Crippen LogP contribution in [-0.4, -0.2) is 9.78 Å². The minimum absolute atomic E-state index is 0.0162. The number of halogens is 2. The predicted molar refractivity (Wildman–Crippen MR) is 44.3 cm³/mol. The molecular weight excluding hydrogens is 162 g/mol. The minimum atomic E-state index is -2.41. The normalized spacial score (nSPS) is 9.58. The maximum absolute atomic E-state index is 12.0. The van der Waals surface area contributed by atoms with Gasteiger partial charge in [0, 0.05) is 13.2 Å². The van der Waals surface area contributed by atoms with E-state index in [0.717, 1.165) is 0 Å².